The molecule has 0 aromatic rings. The van der Waals surface area contributed by atoms with Crippen molar-refractivity contribution in [3.8, 4) is 0 Å². The molecule has 3 heteroatoms. The lowest BCUT2D eigenvalue weighted by atomic mass is 10.2. The van der Waals surface area contributed by atoms with Crippen molar-refractivity contribution in [2.45, 2.75) is 112 Å². The maximum Gasteiger partial charge on any atom is 0.196 e. The fourth-order valence-corrected chi connectivity index (χ4v) is 3.14. The SMILES string of the molecule is CCCCCCN(CCCC)C(=NCCCC)N(CCCC)CCCC. The fourth-order valence-electron chi connectivity index (χ4n) is 3.14. The van der Waals surface area contributed by atoms with Gasteiger partial charge in [0.15, 0.2) is 5.96 Å². The van der Waals surface area contributed by atoms with Crippen LogP contribution >= 0.6 is 0 Å². The molecule has 3 nitrogen and oxygen atoms in total. The number of unbranched alkanes of at least 4 members (excludes halogenated alkanes) is 7. The van der Waals surface area contributed by atoms with E-state index < -0.39 is 0 Å². The van der Waals surface area contributed by atoms with E-state index in [9.17, 15) is 0 Å². The van der Waals surface area contributed by atoms with Gasteiger partial charge in [0.1, 0.15) is 0 Å². The average molecular weight is 368 g/mol. The molecular formula is C23H49N3. The van der Waals surface area contributed by atoms with Gasteiger partial charge in [-0.1, -0.05) is 79.6 Å². The van der Waals surface area contributed by atoms with E-state index in [4.69, 9.17) is 4.99 Å². The molecule has 0 saturated heterocycles. The van der Waals surface area contributed by atoms with Crippen molar-refractivity contribution in [3.05, 3.63) is 0 Å². The first-order valence-electron chi connectivity index (χ1n) is 11.8. The smallest absolute Gasteiger partial charge is 0.196 e. The van der Waals surface area contributed by atoms with Crippen LogP contribution in [-0.4, -0.2) is 48.5 Å². The second kappa shape index (κ2) is 19.0. The molecule has 0 aliphatic heterocycles. The van der Waals surface area contributed by atoms with Crippen molar-refractivity contribution in [2.75, 3.05) is 32.7 Å². The Morgan fingerprint density at radius 2 is 0.923 bits per heavy atom. The second-order valence-corrected chi connectivity index (χ2v) is 7.63. The quantitative estimate of drug-likeness (QED) is 0.161. The van der Waals surface area contributed by atoms with E-state index in [-0.39, 0.29) is 0 Å². The van der Waals surface area contributed by atoms with Crippen molar-refractivity contribution in [1.82, 2.24) is 9.80 Å². The maximum absolute atomic E-state index is 5.14. The summed E-state index contributed by atoms with van der Waals surface area (Å²) in [7, 11) is 0. The molecule has 0 aliphatic rings. The van der Waals surface area contributed by atoms with Gasteiger partial charge in [-0.15, -0.1) is 0 Å². The van der Waals surface area contributed by atoms with Gasteiger partial charge in [0.05, 0.1) is 0 Å². The van der Waals surface area contributed by atoms with Crippen molar-refractivity contribution >= 4 is 5.96 Å². The van der Waals surface area contributed by atoms with Crippen LogP contribution in [0.3, 0.4) is 0 Å². The van der Waals surface area contributed by atoms with Gasteiger partial charge in [-0.2, -0.15) is 0 Å². The molecule has 0 N–H and O–H groups in total. The van der Waals surface area contributed by atoms with Crippen molar-refractivity contribution in [1.29, 1.82) is 0 Å². The normalized spacial score (nSPS) is 11.8. The van der Waals surface area contributed by atoms with Crippen molar-refractivity contribution in [3.63, 3.8) is 0 Å². The van der Waals surface area contributed by atoms with Crippen LogP contribution < -0.4 is 0 Å². The van der Waals surface area contributed by atoms with Crippen LogP contribution in [-0.2, 0) is 0 Å². The Labute approximate surface area is 165 Å². The summed E-state index contributed by atoms with van der Waals surface area (Å²) >= 11 is 0. The second-order valence-electron chi connectivity index (χ2n) is 7.63. The molecule has 0 bridgehead atoms. The zero-order valence-corrected chi connectivity index (χ0v) is 18.9. The third-order valence-electron chi connectivity index (χ3n) is 4.96. The van der Waals surface area contributed by atoms with E-state index in [2.05, 4.69) is 44.4 Å². The van der Waals surface area contributed by atoms with Gasteiger partial charge in [-0.25, -0.2) is 0 Å². The minimum absolute atomic E-state index is 0.984. The Hall–Kier alpha value is -0.730. The van der Waals surface area contributed by atoms with Gasteiger partial charge in [-0.3, -0.25) is 4.99 Å². The predicted molar refractivity (Wildman–Crippen MR) is 119 cm³/mol. The number of hydrogen-bond donors (Lipinski definition) is 0. The van der Waals surface area contributed by atoms with Gasteiger partial charge >= 0.3 is 0 Å². The van der Waals surface area contributed by atoms with E-state index in [0.717, 1.165) is 6.54 Å². The fraction of sp³-hybridized carbons (Fsp3) is 0.957. The highest BCUT2D eigenvalue weighted by Crippen LogP contribution is 2.10. The lowest BCUT2D eigenvalue weighted by Crippen LogP contribution is -2.46. The van der Waals surface area contributed by atoms with Crippen LogP contribution in [0.15, 0.2) is 4.99 Å². The molecule has 0 atom stereocenters. The van der Waals surface area contributed by atoms with Crippen LogP contribution in [0.2, 0.25) is 0 Å². The summed E-state index contributed by atoms with van der Waals surface area (Å²) in [6, 6.07) is 0. The molecule has 0 aromatic carbocycles. The lowest BCUT2D eigenvalue weighted by molar-refractivity contribution is 0.298. The zero-order chi connectivity index (χ0) is 19.5. The van der Waals surface area contributed by atoms with Gasteiger partial charge in [0.2, 0.25) is 0 Å². The van der Waals surface area contributed by atoms with Crippen molar-refractivity contribution < 1.29 is 0 Å². The van der Waals surface area contributed by atoms with Gasteiger partial charge in [-0.05, 0) is 32.1 Å². The van der Waals surface area contributed by atoms with E-state index >= 15 is 0 Å². The number of guanidine groups is 1. The van der Waals surface area contributed by atoms with E-state index in [1.807, 2.05) is 0 Å². The standard InChI is InChI=1S/C23H49N3/c1-6-11-16-17-22-26(21-15-10-5)23(24-18-12-7-2)25(19-13-8-3)20-14-9-4/h6-22H2,1-5H3. The first kappa shape index (κ1) is 25.3. The molecule has 0 saturated carbocycles. The van der Waals surface area contributed by atoms with Crippen LogP contribution in [0, 0.1) is 0 Å². The first-order chi connectivity index (χ1) is 12.7. The van der Waals surface area contributed by atoms with Gasteiger partial charge < -0.3 is 9.80 Å². The molecule has 156 valence electrons. The number of aliphatic imine (C=N–C) groups is 1. The predicted octanol–water partition coefficient (Wildman–Crippen LogP) is 6.73. The highest BCUT2D eigenvalue weighted by molar-refractivity contribution is 5.80. The molecular weight excluding hydrogens is 318 g/mol. The van der Waals surface area contributed by atoms with Crippen LogP contribution in [0.25, 0.3) is 0 Å². The summed E-state index contributed by atoms with van der Waals surface area (Å²) in [5.74, 6) is 1.31. The van der Waals surface area contributed by atoms with E-state index in [1.54, 1.807) is 0 Å². The molecule has 26 heavy (non-hydrogen) atoms. The monoisotopic (exact) mass is 367 g/mol. The topological polar surface area (TPSA) is 18.8 Å². The van der Waals surface area contributed by atoms with Gasteiger partial charge in [0.25, 0.3) is 0 Å². The molecule has 0 aliphatic carbocycles. The highest BCUT2D eigenvalue weighted by atomic mass is 15.4. The van der Waals surface area contributed by atoms with Crippen LogP contribution in [0.5, 0.6) is 0 Å². The summed E-state index contributed by atoms with van der Waals surface area (Å²) in [5.41, 5.74) is 0. The summed E-state index contributed by atoms with van der Waals surface area (Å²) in [6.07, 6.45) is 15.4. The summed E-state index contributed by atoms with van der Waals surface area (Å²) < 4.78 is 0. The molecule has 0 radical (unpaired) electrons. The molecule has 0 spiro atoms. The zero-order valence-electron chi connectivity index (χ0n) is 18.9. The molecule has 0 rings (SSSR count). The minimum atomic E-state index is 0.984. The molecule has 0 fully saturated rings. The van der Waals surface area contributed by atoms with Gasteiger partial charge in [0, 0.05) is 32.7 Å². The molecule has 0 amide bonds. The average Bonchev–Trinajstić information content (AvgIpc) is 2.66. The van der Waals surface area contributed by atoms with E-state index in [1.165, 1.54) is 109 Å². The Morgan fingerprint density at radius 3 is 1.35 bits per heavy atom. The number of nitrogens with zero attached hydrogens (tertiary/aromatic N) is 3. The molecule has 0 aromatic heterocycles. The minimum Gasteiger partial charge on any atom is -0.343 e. The third-order valence-corrected chi connectivity index (χ3v) is 4.96. The first-order valence-corrected chi connectivity index (χ1v) is 11.8. The summed E-state index contributed by atoms with van der Waals surface area (Å²) in [4.78, 5) is 10.4. The third kappa shape index (κ3) is 12.6. The largest absolute Gasteiger partial charge is 0.343 e. The Bertz CT molecular complexity index is 307. The summed E-state index contributed by atoms with van der Waals surface area (Å²) in [6.45, 7) is 17.1. The molecule has 0 unspecified atom stereocenters. The van der Waals surface area contributed by atoms with E-state index in [0.29, 0.717) is 0 Å². The lowest BCUT2D eigenvalue weighted by Gasteiger charge is -2.35. The Kier molecular flexibility index (Phi) is 18.5. The summed E-state index contributed by atoms with van der Waals surface area (Å²) in [5, 5.41) is 0. The van der Waals surface area contributed by atoms with Crippen LogP contribution in [0.1, 0.15) is 112 Å². The molecule has 0 heterocycles. The number of hydrogen-bond acceptors (Lipinski definition) is 1. The maximum atomic E-state index is 5.14. The Morgan fingerprint density at radius 1 is 0.500 bits per heavy atom. The van der Waals surface area contributed by atoms with Crippen molar-refractivity contribution in [2.24, 2.45) is 4.99 Å². The Balaban J connectivity index is 5.20. The highest BCUT2D eigenvalue weighted by Gasteiger charge is 2.17. The number of rotatable bonds is 17. The van der Waals surface area contributed by atoms with Crippen LogP contribution in [0.4, 0.5) is 0 Å².